The van der Waals surface area contributed by atoms with Gasteiger partial charge in [0.1, 0.15) is 4.88 Å². The minimum absolute atomic E-state index is 0.0813. The van der Waals surface area contributed by atoms with Gasteiger partial charge in [0.05, 0.1) is 7.11 Å². The van der Waals surface area contributed by atoms with Crippen LogP contribution in [0.2, 0.25) is 0 Å². The fourth-order valence-electron chi connectivity index (χ4n) is 2.40. The van der Waals surface area contributed by atoms with Crippen LogP contribution in [0.4, 0.5) is 0 Å². The average Bonchev–Trinajstić information content (AvgIpc) is 3.22. The molecule has 0 aliphatic rings. The van der Waals surface area contributed by atoms with Crippen LogP contribution >= 0.6 is 11.3 Å². The zero-order chi connectivity index (χ0) is 19.2. The Kier molecular flexibility index (Phi) is 5.84. The summed E-state index contributed by atoms with van der Waals surface area (Å²) >= 11 is 1.31. The van der Waals surface area contributed by atoms with Crippen molar-refractivity contribution in [2.45, 2.75) is 6.92 Å². The van der Waals surface area contributed by atoms with Gasteiger partial charge in [0.2, 0.25) is 0 Å². The first-order valence-electron chi connectivity index (χ1n) is 8.29. The second kappa shape index (κ2) is 8.47. The third-order valence-electron chi connectivity index (χ3n) is 3.88. The Bertz CT molecular complexity index is 970. The minimum Gasteiger partial charge on any atom is -0.493 e. The van der Waals surface area contributed by atoms with Gasteiger partial charge < -0.3 is 9.47 Å². The summed E-state index contributed by atoms with van der Waals surface area (Å²) in [4.78, 5) is 24.9. The van der Waals surface area contributed by atoms with Crippen LogP contribution in [0.15, 0.2) is 66.1 Å². The lowest BCUT2D eigenvalue weighted by atomic mass is 10.1. The Morgan fingerprint density at radius 2 is 1.78 bits per heavy atom. The standard InChI is InChI=1S/C22H18O4S/c1-15-5-9-17(10-6-15)18(23)11-7-16-8-12-19(20(14-16)25-2)26-22(24)21-4-3-13-27-21/h3-14H,1-2H3. The van der Waals surface area contributed by atoms with Crippen molar-refractivity contribution in [2.24, 2.45) is 0 Å². The summed E-state index contributed by atoms with van der Waals surface area (Å²) in [6.45, 7) is 1.98. The van der Waals surface area contributed by atoms with Gasteiger partial charge in [0, 0.05) is 5.56 Å². The number of aryl methyl sites for hydroxylation is 1. The molecule has 3 rings (SSSR count). The normalized spacial score (nSPS) is 10.7. The number of rotatable bonds is 6. The van der Waals surface area contributed by atoms with Crippen LogP contribution in [0.5, 0.6) is 11.5 Å². The molecule has 0 aliphatic carbocycles. The number of benzene rings is 2. The van der Waals surface area contributed by atoms with E-state index >= 15 is 0 Å². The molecule has 0 saturated carbocycles. The van der Waals surface area contributed by atoms with Crippen molar-refractivity contribution in [2.75, 3.05) is 7.11 Å². The number of ether oxygens (including phenoxy) is 2. The Hall–Kier alpha value is -3.18. The first-order valence-corrected chi connectivity index (χ1v) is 9.17. The van der Waals surface area contributed by atoms with Gasteiger partial charge in [0.15, 0.2) is 17.3 Å². The summed E-state index contributed by atoms with van der Waals surface area (Å²) in [5.41, 5.74) is 2.50. The number of ketones is 1. The Balaban J connectivity index is 1.74. The van der Waals surface area contributed by atoms with Crippen LogP contribution in [-0.2, 0) is 0 Å². The summed E-state index contributed by atoms with van der Waals surface area (Å²) in [5, 5.41) is 1.81. The van der Waals surface area contributed by atoms with Gasteiger partial charge in [0.25, 0.3) is 0 Å². The maximum Gasteiger partial charge on any atom is 0.353 e. The second-order valence-corrected chi connectivity index (χ2v) is 6.79. The average molecular weight is 378 g/mol. The first kappa shape index (κ1) is 18.6. The number of carbonyl (C=O) groups excluding carboxylic acids is 2. The van der Waals surface area contributed by atoms with E-state index in [-0.39, 0.29) is 5.78 Å². The molecule has 5 heteroatoms. The fraction of sp³-hybridized carbons (Fsp3) is 0.0909. The van der Waals surface area contributed by atoms with E-state index in [4.69, 9.17) is 9.47 Å². The fourth-order valence-corrected chi connectivity index (χ4v) is 3.00. The van der Waals surface area contributed by atoms with E-state index < -0.39 is 5.97 Å². The third-order valence-corrected chi connectivity index (χ3v) is 4.73. The smallest absolute Gasteiger partial charge is 0.353 e. The van der Waals surface area contributed by atoms with Crippen molar-refractivity contribution in [3.05, 3.63) is 87.6 Å². The second-order valence-electron chi connectivity index (χ2n) is 5.84. The van der Waals surface area contributed by atoms with E-state index in [9.17, 15) is 9.59 Å². The summed E-state index contributed by atoms with van der Waals surface area (Å²) in [7, 11) is 1.50. The van der Waals surface area contributed by atoms with Crippen LogP contribution in [0.1, 0.15) is 31.2 Å². The summed E-state index contributed by atoms with van der Waals surface area (Å²) in [6, 6.07) is 16.0. The molecule has 0 bridgehead atoms. The highest BCUT2D eigenvalue weighted by atomic mass is 32.1. The molecule has 0 unspecified atom stereocenters. The largest absolute Gasteiger partial charge is 0.493 e. The van der Waals surface area contributed by atoms with Crippen molar-refractivity contribution in [1.29, 1.82) is 0 Å². The maximum atomic E-state index is 12.2. The lowest BCUT2D eigenvalue weighted by Crippen LogP contribution is -2.07. The molecule has 2 aromatic carbocycles. The third kappa shape index (κ3) is 4.71. The van der Waals surface area contributed by atoms with Crippen LogP contribution in [-0.4, -0.2) is 18.9 Å². The number of hydrogen-bond donors (Lipinski definition) is 0. The first-order chi connectivity index (χ1) is 13.1. The van der Waals surface area contributed by atoms with Gasteiger partial charge in [-0.1, -0.05) is 48.0 Å². The molecular formula is C22H18O4S. The van der Waals surface area contributed by atoms with Gasteiger partial charge >= 0.3 is 5.97 Å². The highest BCUT2D eigenvalue weighted by Crippen LogP contribution is 2.29. The molecule has 0 saturated heterocycles. The molecule has 0 spiro atoms. The van der Waals surface area contributed by atoms with Gasteiger partial charge in [-0.05, 0) is 42.1 Å². The van der Waals surface area contributed by atoms with E-state index in [1.807, 2.05) is 24.4 Å². The topological polar surface area (TPSA) is 52.6 Å². The molecule has 0 radical (unpaired) electrons. The van der Waals surface area contributed by atoms with Gasteiger partial charge in [-0.2, -0.15) is 0 Å². The van der Waals surface area contributed by atoms with E-state index in [1.54, 1.807) is 48.5 Å². The molecular weight excluding hydrogens is 360 g/mol. The van der Waals surface area contributed by atoms with Gasteiger partial charge in [-0.15, -0.1) is 11.3 Å². The number of thiophene rings is 1. The van der Waals surface area contributed by atoms with Crippen LogP contribution in [0.25, 0.3) is 6.08 Å². The maximum absolute atomic E-state index is 12.2. The summed E-state index contributed by atoms with van der Waals surface area (Å²) in [5.74, 6) is 0.242. The molecule has 27 heavy (non-hydrogen) atoms. The van der Waals surface area contributed by atoms with E-state index in [1.165, 1.54) is 24.5 Å². The number of hydrogen-bond acceptors (Lipinski definition) is 5. The molecule has 136 valence electrons. The zero-order valence-electron chi connectivity index (χ0n) is 15.0. The molecule has 1 heterocycles. The Labute approximate surface area is 161 Å². The quantitative estimate of drug-likeness (QED) is 0.257. The number of carbonyl (C=O) groups is 2. The van der Waals surface area contributed by atoms with Gasteiger partial charge in [-0.25, -0.2) is 4.79 Å². The van der Waals surface area contributed by atoms with Crippen LogP contribution in [0, 0.1) is 6.92 Å². The van der Waals surface area contributed by atoms with Crippen LogP contribution < -0.4 is 9.47 Å². The van der Waals surface area contributed by atoms with Crippen molar-refractivity contribution in [3.8, 4) is 11.5 Å². The Morgan fingerprint density at radius 3 is 2.44 bits per heavy atom. The number of esters is 1. The SMILES string of the molecule is COc1cc(C=CC(=O)c2ccc(C)cc2)ccc1OC(=O)c1cccs1. The lowest BCUT2D eigenvalue weighted by Gasteiger charge is -2.09. The van der Waals surface area contributed by atoms with Crippen molar-refractivity contribution < 1.29 is 19.1 Å². The van der Waals surface area contributed by atoms with E-state index in [0.717, 1.165) is 11.1 Å². The molecule has 0 aliphatic heterocycles. The van der Waals surface area contributed by atoms with E-state index in [2.05, 4.69) is 0 Å². The van der Waals surface area contributed by atoms with Crippen molar-refractivity contribution in [1.82, 2.24) is 0 Å². The molecule has 1 aromatic heterocycles. The molecule has 0 N–H and O–H groups in total. The monoisotopic (exact) mass is 378 g/mol. The number of allylic oxidation sites excluding steroid dienone is 1. The molecule has 4 nitrogen and oxygen atoms in total. The van der Waals surface area contributed by atoms with Crippen molar-refractivity contribution >= 4 is 29.2 Å². The minimum atomic E-state index is -0.429. The highest BCUT2D eigenvalue weighted by Gasteiger charge is 2.13. The molecule has 0 atom stereocenters. The van der Waals surface area contributed by atoms with E-state index in [0.29, 0.717) is 21.9 Å². The molecule has 0 fully saturated rings. The van der Waals surface area contributed by atoms with Crippen molar-refractivity contribution in [3.63, 3.8) is 0 Å². The Morgan fingerprint density at radius 1 is 1.00 bits per heavy atom. The molecule has 3 aromatic rings. The predicted octanol–water partition coefficient (Wildman–Crippen LogP) is 5.18. The summed E-state index contributed by atoms with van der Waals surface area (Å²) < 4.78 is 10.7. The molecule has 0 amide bonds. The lowest BCUT2D eigenvalue weighted by molar-refractivity contribution is 0.0734. The highest BCUT2D eigenvalue weighted by molar-refractivity contribution is 7.12. The van der Waals surface area contributed by atoms with Crippen LogP contribution in [0.3, 0.4) is 0 Å². The number of methoxy groups -OCH3 is 1. The van der Waals surface area contributed by atoms with Gasteiger partial charge in [-0.3, -0.25) is 4.79 Å². The zero-order valence-corrected chi connectivity index (χ0v) is 15.8. The predicted molar refractivity (Wildman–Crippen MR) is 107 cm³/mol. The summed E-state index contributed by atoms with van der Waals surface area (Å²) in [6.07, 6.45) is 3.21.